The van der Waals surface area contributed by atoms with E-state index in [4.69, 9.17) is 0 Å². The van der Waals surface area contributed by atoms with E-state index < -0.39 is 5.60 Å². The van der Waals surface area contributed by atoms with Gasteiger partial charge in [-0.2, -0.15) is 0 Å². The molecule has 2 N–H and O–H groups in total. The molecule has 0 aromatic heterocycles. The molecule has 0 atom stereocenters. The summed E-state index contributed by atoms with van der Waals surface area (Å²) in [6, 6.07) is 0. The maximum absolute atomic E-state index is 11.7. The molecule has 90 valence electrons. The van der Waals surface area contributed by atoms with Gasteiger partial charge in [0.1, 0.15) is 0 Å². The average Bonchev–Trinajstić information content (AvgIpc) is 2.70. The van der Waals surface area contributed by atoms with Crippen molar-refractivity contribution in [3.63, 3.8) is 0 Å². The van der Waals surface area contributed by atoms with Gasteiger partial charge in [0.25, 0.3) is 0 Å². The summed E-state index contributed by atoms with van der Waals surface area (Å²) in [5.41, 5.74) is -0.772. The van der Waals surface area contributed by atoms with Crippen LogP contribution >= 0.6 is 11.8 Å². The molecule has 2 rings (SSSR count). The van der Waals surface area contributed by atoms with Crippen LogP contribution in [0.3, 0.4) is 0 Å². The Morgan fingerprint density at radius 3 is 2.81 bits per heavy atom. The number of amides is 1. The number of amidine groups is 1. The highest BCUT2D eigenvalue weighted by Crippen LogP contribution is 2.30. The molecule has 0 aromatic carbocycles. The van der Waals surface area contributed by atoms with E-state index in [2.05, 4.69) is 10.3 Å². The third kappa shape index (κ3) is 3.22. The summed E-state index contributed by atoms with van der Waals surface area (Å²) in [4.78, 5) is 15.9. The number of nitrogens with one attached hydrogen (secondary N) is 1. The molecule has 5 heteroatoms. The monoisotopic (exact) mass is 242 g/mol. The SMILES string of the molecule is O=C(CC1(O)CCCCC1)NC1=NCCS1. The van der Waals surface area contributed by atoms with E-state index in [1.54, 1.807) is 11.8 Å². The van der Waals surface area contributed by atoms with Crippen LogP contribution in [-0.4, -0.2) is 34.1 Å². The highest BCUT2D eigenvalue weighted by molar-refractivity contribution is 8.14. The lowest BCUT2D eigenvalue weighted by atomic mass is 9.82. The molecule has 0 radical (unpaired) electrons. The van der Waals surface area contributed by atoms with Crippen molar-refractivity contribution >= 4 is 22.8 Å². The van der Waals surface area contributed by atoms with Gasteiger partial charge in [0.05, 0.1) is 18.6 Å². The molecule has 1 fully saturated rings. The molecule has 0 bridgehead atoms. The largest absolute Gasteiger partial charge is 0.389 e. The predicted molar refractivity (Wildman–Crippen MR) is 65.6 cm³/mol. The maximum atomic E-state index is 11.7. The van der Waals surface area contributed by atoms with Gasteiger partial charge < -0.3 is 10.4 Å². The van der Waals surface area contributed by atoms with Crippen LogP contribution in [0.4, 0.5) is 0 Å². The van der Waals surface area contributed by atoms with Crippen molar-refractivity contribution < 1.29 is 9.90 Å². The quantitative estimate of drug-likeness (QED) is 0.767. The van der Waals surface area contributed by atoms with Crippen molar-refractivity contribution in [3.8, 4) is 0 Å². The Labute approximate surface area is 99.9 Å². The minimum atomic E-state index is -0.772. The Morgan fingerprint density at radius 1 is 1.44 bits per heavy atom. The van der Waals surface area contributed by atoms with Gasteiger partial charge >= 0.3 is 0 Å². The lowest BCUT2D eigenvalue weighted by molar-refractivity contribution is -0.125. The normalized spacial score (nSPS) is 23.9. The fourth-order valence-corrected chi connectivity index (χ4v) is 3.00. The summed E-state index contributed by atoms with van der Waals surface area (Å²) < 4.78 is 0. The van der Waals surface area contributed by atoms with Crippen molar-refractivity contribution in [2.24, 2.45) is 4.99 Å². The molecule has 4 nitrogen and oxygen atoms in total. The van der Waals surface area contributed by atoms with Crippen LogP contribution in [0.15, 0.2) is 4.99 Å². The Hall–Kier alpha value is -0.550. The van der Waals surface area contributed by atoms with Gasteiger partial charge in [-0.15, -0.1) is 0 Å². The maximum Gasteiger partial charge on any atom is 0.228 e. The fourth-order valence-electron chi connectivity index (χ4n) is 2.26. The van der Waals surface area contributed by atoms with Crippen molar-refractivity contribution in [1.29, 1.82) is 0 Å². The zero-order chi connectivity index (χ0) is 11.4. The standard InChI is InChI=1S/C11H18N2O2S/c14-9(13-10-12-6-7-16-10)8-11(15)4-2-1-3-5-11/h15H,1-8H2,(H,12,13,14). The van der Waals surface area contributed by atoms with Gasteiger partial charge in [0.2, 0.25) is 5.91 Å². The van der Waals surface area contributed by atoms with E-state index in [1.165, 1.54) is 6.42 Å². The van der Waals surface area contributed by atoms with Crippen molar-refractivity contribution in [3.05, 3.63) is 0 Å². The Bertz CT molecular complexity index is 298. The molecule has 1 amide bonds. The Kier molecular flexibility index (Phi) is 3.86. The molecule has 16 heavy (non-hydrogen) atoms. The van der Waals surface area contributed by atoms with E-state index >= 15 is 0 Å². The smallest absolute Gasteiger partial charge is 0.228 e. The van der Waals surface area contributed by atoms with E-state index in [9.17, 15) is 9.90 Å². The molecule has 0 saturated heterocycles. The van der Waals surface area contributed by atoms with E-state index in [0.717, 1.165) is 38.0 Å². The Balaban J connectivity index is 1.81. The first kappa shape index (κ1) is 11.9. The van der Waals surface area contributed by atoms with Gasteiger partial charge in [0.15, 0.2) is 5.17 Å². The van der Waals surface area contributed by atoms with E-state index in [0.29, 0.717) is 5.17 Å². The first-order valence-electron chi connectivity index (χ1n) is 5.87. The van der Waals surface area contributed by atoms with E-state index in [1.807, 2.05) is 0 Å². The number of carbonyl (C=O) groups is 1. The third-order valence-electron chi connectivity index (χ3n) is 3.11. The van der Waals surface area contributed by atoms with Crippen LogP contribution < -0.4 is 5.32 Å². The number of aliphatic imine (C=N–C) groups is 1. The summed E-state index contributed by atoms with van der Waals surface area (Å²) >= 11 is 1.57. The van der Waals surface area contributed by atoms with Gasteiger partial charge in [-0.1, -0.05) is 31.0 Å². The molecule has 1 heterocycles. The molecule has 1 saturated carbocycles. The van der Waals surface area contributed by atoms with Crippen molar-refractivity contribution in [2.45, 2.75) is 44.1 Å². The van der Waals surface area contributed by atoms with Gasteiger partial charge in [-0.25, -0.2) is 0 Å². The summed E-state index contributed by atoms with van der Waals surface area (Å²) in [6.45, 7) is 0.782. The van der Waals surface area contributed by atoms with Crippen molar-refractivity contribution in [1.82, 2.24) is 5.32 Å². The molecule has 1 aliphatic carbocycles. The van der Waals surface area contributed by atoms with Gasteiger partial charge in [-0.05, 0) is 12.8 Å². The number of hydrogen-bond donors (Lipinski definition) is 2. The minimum absolute atomic E-state index is 0.0995. The van der Waals surface area contributed by atoms with Crippen LogP contribution in [-0.2, 0) is 4.79 Å². The van der Waals surface area contributed by atoms with Crippen LogP contribution in [0.25, 0.3) is 0 Å². The fraction of sp³-hybridized carbons (Fsp3) is 0.818. The predicted octanol–water partition coefficient (Wildman–Crippen LogP) is 1.29. The molecular weight excluding hydrogens is 224 g/mol. The lowest BCUT2D eigenvalue weighted by Crippen LogP contribution is -2.39. The average molecular weight is 242 g/mol. The number of hydrogen-bond acceptors (Lipinski definition) is 4. The van der Waals surface area contributed by atoms with Gasteiger partial charge in [-0.3, -0.25) is 9.79 Å². The molecule has 0 spiro atoms. The zero-order valence-corrected chi connectivity index (χ0v) is 10.2. The zero-order valence-electron chi connectivity index (χ0n) is 9.37. The minimum Gasteiger partial charge on any atom is -0.389 e. The molecule has 1 aliphatic heterocycles. The highest BCUT2D eigenvalue weighted by Gasteiger charge is 2.32. The van der Waals surface area contributed by atoms with Crippen molar-refractivity contribution in [2.75, 3.05) is 12.3 Å². The second-order valence-electron chi connectivity index (χ2n) is 4.55. The number of thioether (sulfide) groups is 1. The number of aliphatic hydroxyl groups is 1. The van der Waals surface area contributed by atoms with E-state index in [-0.39, 0.29) is 12.3 Å². The number of rotatable bonds is 2. The second-order valence-corrected chi connectivity index (χ2v) is 5.63. The van der Waals surface area contributed by atoms with Crippen LogP contribution in [0.5, 0.6) is 0 Å². The van der Waals surface area contributed by atoms with Gasteiger partial charge in [0, 0.05) is 5.75 Å². The summed E-state index contributed by atoms with van der Waals surface area (Å²) in [5, 5.41) is 13.7. The molecule has 0 aromatic rings. The topological polar surface area (TPSA) is 61.7 Å². The summed E-state index contributed by atoms with van der Waals surface area (Å²) in [7, 11) is 0. The lowest BCUT2D eigenvalue weighted by Gasteiger charge is -2.31. The summed E-state index contributed by atoms with van der Waals surface area (Å²) in [6.07, 6.45) is 4.94. The van der Waals surface area contributed by atoms with Crippen LogP contribution in [0.1, 0.15) is 38.5 Å². The highest BCUT2D eigenvalue weighted by atomic mass is 32.2. The van der Waals surface area contributed by atoms with Crippen LogP contribution in [0, 0.1) is 0 Å². The first-order valence-corrected chi connectivity index (χ1v) is 6.86. The van der Waals surface area contributed by atoms with Crippen LogP contribution in [0.2, 0.25) is 0 Å². The molecular formula is C11H18N2O2S. The number of carbonyl (C=O) groups excluding carboxylic acids is 1. The number of nitrogens with zero attached hydrogens (tertiary/aromatic N) is 1. The third-order valence-corrected chi connectivity index (χ3v) is 4.00. The molecule has 0 unspecified atom stereocenters. The second kappa shape index (κ2) is 5.19. The first-order chi connectivity index (χ1) is 7.68. The molecule has 2 aliphatic rings. The summed E-state index contributed by atoms with van der Waals surface area (Å²) in [5.74, 6) is 0.845. The Morgan fingerprint density at radius 2 is 2.19 bits per heavy atom.